The summed E-state index contributed by atoms with van der Waals surface area (Å²) in [6.45, 7) is 5.57. The van der Waals surface area contributed by atoms with Gasteiger partial charge in [0.2, 0.25) is 0 Å². The van der Waals surface area contributed by atoms with Gasteiger partial charge in [-0.1, -0.05) is 36.4 Å². The van der Waals surface area contributed by atoms with E-state index in [0.717, 1.165) is 6.54 Å². The summed E-state index contributed by atoms with van der Waals surface area (Å²) >= 11 is 0. The standard InChI is InChI=1S/C18H24N2.ClH/c1-14(19)16-8-10-20(11-9-16)13-15-6-7-17-4-2-3-5-18(17)12-15;/h2-7,12,14,16H,8-11,13,19H2,1H3;1H. The zero-order valence-corrected chi connectivity index (χ0v) is 13.5. The highest BCUT2D eigenvalue weighted by Crippen LogP contribution is 2.22. The van der Waals surface area contributed by atoms with Crippen LogP contribution in [0.1, 0.15) is 25.3 Å². The van der Waals surface area contributed by atoms with Gasteiger partial charge in [-0.05, 0) is 61.2 Å². The lowest BCUT2D eigenvalue weighted by Crippen LogP contribution is -2.39. The zero-order valence-electron chi connectivity index (χ0n) is 12.7. The van der Waals surface area contributed by atoms with Crippen molar-refractivity contribution >= 4 is 23.2 Å². The Morgan fingerprint density at radius 3 is 2.43 bits per heavy atom. The fourth-order valence-corrected chi connectivity index (χ4v) is 3.23. The van der Waals surface area contributed by atoms with Crippen LogP contribution in [0.15, 0.2) is 42.5 Å². The van der Waals surface area contributed by atoms with Crippen molar-refractivity contribution < 1.29 is 0 Å². The van der Waals surface area contributed by atoms with Crippen LogP contribution < -0.4 is 5.73 Å². The maximum atomic E-state index is 6.01. The Balaban J connectivity index is 0.00000161. The number of rotatable bonds is 3. The van der Waals surface area contributed by atoms with Gasteiger partial charge in [0.05, 0.1) is 0 Å². The quantitative estimate of drug-likeness (QED) is 0.934. The molecule has 2 aromatic carbocycles. The average Bonchev–Trinajstić information content (AvgIpc) is 2.48. The van der Waals surface area contributed by atoms with Crippen LogP contribution in [-0.4, -0.2) is 24.0 Å². The third kappa shape index (κ3) is 3.97. The predicted octanol–water partition coefficient (Wildman–Crippen LogP) is 3.82. The molecule has 1 aliphatic heterocycles. The SMILES string of the molecule is CC(N)C1CCN(Cc2ccc3ccccc3c2)CC1.Cl. The molecule has 0 spiro atoms. The summed E-state index contributed by atoms with van der Waals surface area (Å²) in [6.07, 6.45) is 2.48. The van der Waals surface area contributed by atoms with Crippen LogP contribution in [0.25, 0.3) is 10.8 Å². The lowest BCUT2D eigenvalue weighted by Gasteiger charge is -2.33. The van der Waals surface area contributed by atoms with Crippen molar-refractivity contribution in [2.75, 3.05) is 13.1 Å². The maximum Gasteiger partial charge on any atom is 0.0233 e. The van der Waals surface area contributed by atoms with Crippen molar-refractivity contribution in [3.63, 3.8) is 0 Å². The number of nitrogens with two attached hydrogens (primary N) is 1. The van der Waals surface area contributed by atoms with E-state index in [4.69, 9.17) is 5.73 Å². The highest BCUT2D eigenvalue weighted by atomic mass is 35.5. The summed E-state index contributed by atoms with van der Waals surface area (Å²) in [4.78, 5) is 2.56. The molecule has 2 nitrogen and oxygen atoms in total. The Labute approximate surface area is 133 Å². The van der Waals surface area contributed by atoms with E-state index in [1.54, 1.807) is 0 Å². The van der Waals surface area contributed by atoms with Crippen LogP contribution in [-0.2, 0) is 6.54 Å². The first-order valence-electron chi connectivity index (χ1n) is 7.68. The Kier molecular flexibility index (Phi) is 5.63. The minimum atomic E-state index is 0. The maximum absolute atomic E-state index is 6.01. The Hall–Kier alpha value is -1.09. The third-order valence-electron chi connectivity index (χ3n) is 4.60. The first-order valence-corrected chi connectivity index (χ1v) is 7.68. The molecule has 0 saturated carbocycles. The van der Waals surface area contributed by atoms with Gasteiger partial charge < -0.3 is 5.73 Å². The largest absolute Gasteiger partial charge is 0.328 e. The van der Waals surface area contributed by atoms with Gasteiger partial charge in [0.25, 0.3) is 0 Å². The van der Waals surface area contributed by atoms with E-state index in [1.165, 1.54) is 42.3 Å². The van der Waals surface area contributed by atoms with Crippen LogP contribution >= 0.6 is 12.4 Å². The van der Waals surface area contributed by atoms with E-state index in [-0.39, 0.29) is 12.4 Å². The van der Waals surface area contributed by atoms with E-state index in [1.807, 2.05) is 0 Å². The number of benzene rings is 2. The Morgan fingerprint density at radius 2 is 1.76 bits per heavy atom. The number of fused-ring (bicyclic) bond motifs is 1. The van der Waals surface area contributed by atoms with Crippen LogP contribution in [0.4, 0.5) is 0 Å². The minimum Gasteiger partial charge on any atom is -0.328 e. The van der Waals surface area contributed by atoms with Crippen molar-refractivity contribution in [3.8, 4) is 0 Å². The minimum absolute atomic E-state index is 0. The molecule has 0 amide bonds. The van der Waals surface area contributed by atoms with Crippen molar-refractivity contribution in [2.45, 2.75) is 32.4 Å². The van der Waals surface area contributed by atoms with Crippen molar-refractivity contribution in [1.82, 2.24) is 4.90 Å². The summed E-state index contributed by atoms with van der Waals surface area (Å²) in [5.41, 5.74) is 7.43. The van der Waals surface area contributed by atoms with Crippen molar-refractivity contribution in [1.29, 1.82) is 0 Å². The van der Waals surface area contributed by atoms with Crippen LogP contribution in [0.2, 0.25) is 0 Å². The highest BCUT2D eigenvalue weighted by molar-refractivity contribution is 5.85. The van der Waals surface area contributed by atoms with E-state index in [2.05, 4.69) is 54.3 Å². The number of nitrogens with zero attached hydrogens (tertiary/aromatic N) is 1. The molecule has 2 N–H and O–H groups in total. The second kappa shape index (κ2) is 7.26. The van der Waals surface area contributed by atoms with Gasteiger partial charge in [-0.3, -0.25) is 4.90 Å². The number of hydrogen-bond acceptors (Lipinski definition) is 2. The molecule has 3 heteroatoms. The number of piperidine rings is 1. The molecule has 1 saturated heterocycles. The Morgan fingerprint density at radius 1 is 1.10 bits per heavy atom. The van der Waals surface area contributed by atoms with Gasteiger partial charge in [0.15, 0.2) is 0 Å². The van der Waals surface area contributed by atoms with Crippen LogP contribution in [0, 0.1) is 5.92 Å². The van der Waals surface area contributed by atoms with E-state index >= 15 is 0 Å². The lowest BCUT2D eigenvalue weighted by atomic mass is 9.91. The smallest absolute Gasteiger partial charge is 0.0233 e. The number of halogens is 1. The molecule has 114 valence electrons. The first-order chi connectivity index (χ1) is 9.72. The topological polar surface area (TPSA) is 29.3 Å². The molecule has 2 aromatic rings. The van der Waals surface area contributed by atoms with Gasteiger partial charge in [0, 0.05) is 12.6 Å². The molecule has 21 heavy (non-hydrogen) atoms. The summed E-state index contributed by atoms with van der Waals surface area (Å²) in [5, 5.41) is 2.67. The van der Waals surface area contributed by atoms with E-state index in [0.29, 0.717) is 12.0 Å². The first kappa shape index (κ1) is 16.3. The molecular formula is C18H25ClN2. The molecule has 0 aromatic heterocycles. The van der Waals surface area contributed by atoms with E-state index < -0.39 is 0 Å². The third-order valence-corrected chi connectivity index (χ3v) is 4.60. The molecule has 1 fully saturated rings. The van der Waals surface area contributed by atoms with Gasteiger partial charge >= 0.3 is 0 Å². The van der Waals surface area contributed by atoms with Crippen molar-refractivity contribution in [3.05, 3.63) is 48.0 Å². The summed E-state index contributed by atoms with van der Waals surface area (Å²) in [5.74, 6) is 0.711. The number of hydrogen-bond donors (Lipinski definition) is 1. The summed E-state index contributed by atoms with van der Waals surface area (Å²) < 4.78 is 0. The molecule has 0 bridgehead atoms. The van der Waals surface area contributed by atoms with Crippen molar-refractivity contribution in [2.24, 2.45) is 11.7 Å². The monoisotopic (exact) mass is 304 g/mol. The number of likely N-dealkylation sites (tertiary alicyclic amines) is 1. The second-order valence-electron chi connectivity index (χ2n) is 6.15. The normalized spacial score (nSPS) is 18.4. The second-order valence-corrected chi connectivity index (χ2v) is 6.15. The molecule has 1 unspecified atom stereocenters. The van der Waals surface area contributed by atoms with Gasteiger partial charge in [-0.2, -0.15) is 0 Å². The molecule has 3 rings (SSSR count). The molecule has 1 atom stereocenters. The van der Waals surface area contributed by atoms with Gasteiger partial charge in [0.1, 0.15) is 0 Å². The van der Waals surface area contributed by atoms with Gasteiger partial charge in [-0.15, -0.1) is 12.4 Å². The van der Waals surface area contributed by atoms with Gasteiger partial charge in [-0.25, -0.2) is 0 Å². The molecule has 1 aliphatic rings. The summed E-state index contributed by atoms with van der Waals surface area (Å²) in [6, 6.07) is 15.7. The fraction of sp³-hybridized carbons (Fsp3) is 0.444. The Bertz CT molecular complexity index is 574. The molecule has 1 heterocycles. The highest BCUT2D eigenvalue weighted by Gasteiger charge is 2.21. The molecule has 0 aliphatic carbocycles. The van der Waals surface area contributed by atoms with Crippen LogP contribution in [0.3, 0.4) is 0 Å². The molecule has 0 radical (unpaired) electrons. The van der Waals surface area contributed by atoms with Crippen LogP contribution in [0.5, 0.6) is 0 Å². The lowest BCUT2D eigenvalue weighted by molar-refractivity contribution is 0.166. The average molecular weight is 305 g/mol. The zero-order chi connectivity index (χ0) is 13.9. The predicted molar refractivity (Wildman–Crippen MR) is 92.8 cm³/mol. The fourth-order valence-electron chi connectivity index (χ4n) is 3.23. The summed E-state index contributed by atoms with van der Waals surface area (Å²) in [7, 11) is 0. The molecular weight excluding hydrogens is 280 g/mol. The van der Waals surface area contributed by atoms with E-state index in [9.17, 15) is 0 Å².